The first-order valence-corrected chi connectivity index (χ1v) is 3.92. The van der Waals surface area contributed by atoms with Crippen LogP contribution < -0.4 is 16.2 Å². The van der Waals surface area contributed by atoms with E-state index in [1.54, 1.807) is 7.05 Å². The Balaban J connectivity index is 3.38. The highest BCUT2D eigenvalue weighted by Gasteiger charge is 1.93. The fraction of sp³-hybridized carbons (Fsp3) is 0.600. The third-order valence-electron chi connectivity index (χ3n) is 0.781. The first kappa shape index (κ1) is 10.4. The van der Waals surface area contributed by atoms with Crippen LogP contribution in [0.3, 0.4) is 0 Å². The first-order valence-electron chi connectivity index (χ1n) is 3.11. The molecular weight excluding hydrogens is 182 g/mol. The summed E-state index contributed by atoms with van der Waals surface area (Å²) in [7, 11) is 1.71. The lowest BCUT2D eigenvalue weighted by Crippen LogP contribution is -2.45. The zero-order chi connectivity index (χ0) is 8.69. The third-order valence-corrected chi connectivity index (χ3v) is 1.31. The highest BCUT2D eigenvalue weighted by atomic mass is 32.1. The zero-order valence-electron chi connectivity index (χ0n) is 6.43. The molecule has 0 unspecified atom stereocenters. The van der Waals surface area contributed by atoms with Crippen LogP contribution in [0.1, 0.15) is 6.92 Å². The molecule has 0 saturated carbocycles. The Hall–Kier alpha value is -0.620. The van der Waals surface area contributed by atoms with Crippen molar-refractivity contribution < 1.29 is 4.74 Å². The first-order chi connectivity index (χ1) is 5.20. The lowest BCUT2D eigenvalue weighted by molar-refractivity contribution is 0.318. The average Bonchev–Trinajstić information content (AvgIpc) is 2.01. The van der Waals surface area contributed by atoms with Crippen molar-refractivity contribution in [2.75, 3.05) is 13.7 Å². The van der Waals surface area contributed by atoms with Crippen LogP contribution in [-0.4, -0.2) is 23.9 Å². The molecule has 6 heteroatoms. The van der Waals surface area contributed by atoms with Crippen molar-refractivity contribution in [1.29, 1.82) is 0 Å². The Kier molecular flexibility index (Phi) is 5.77. The Labute approximate surface area is 76.6 Å². The van der Waals surface area contributed by atoms with E-state index in [1.165, 1.54) is 0 Å². The second-order valence-electron chi connectivity index (χ2n) is 1.55. The lowest BCUT2D eigenvalue weighted by atomic mass is 10.9. The van der Waals surface area contributed by atoms with Gasteiger partial charge in [-0.3, -0.25) is 10.9 Å². The minimum absolute atomic E-state index is 0.282. The number of hydrogen-bond donors (Lipinski definition) is 3. The molecule has 0 aliphatic carbocycles. The van der Waals surface area contributed by atoms with Gasteiger partial charge in [0, 0.05) is 7.05 Å². The van der Waals surface area contributed by atoms with Crippen LogP contribution in [-0.2, 0) is 4.74 Å². The molecule has 0 amide bonds. The van der Waals surface area contributed by atoms with Gasteiger partial charge in [-0.05, 0) is 31.4 Å². The number of thiocarbonyl (C=S) groups is 2. The maximum absolute atomic E-state index is 4.91. The molecule has 0 rings (SSSR count). The van der Waals surface area contributed by atoms with Crippen LogP contribution in [0, 0.1) is 0 Å². The number of nitrogens with one attached hydrogen (secondary N) is 3. The molecule has 4 nitrogen and oxygen atoms in total. The Bertz CT molecular complexity index is 151. The topological polar surface area (TPSA) is 45.3 Å². The van der Waals surface area contributed by atoms with Gasteiger partial charge in [0.1, 0.15) is 0 Å². The zero-order valence-corrected chi connectivity index (χ0v) is 8.06. The minimum atomic E-state index is 0.282. The molecule has 3 N–H and O–H groups in total. The molecule has 0 fully saturated rings. The van der Waals surface area contributed by atoms with E-state index >= 15 is 0 Å². The van der Waals surface area contributed by atoms with E-state index in [2.05, 4.69) is 16.2 Å². The van der Waals surface area contributed by atoms with Crippen LogP contribution in [0.25, 0.3) is 0 Å². The summed E-state index contributed by atoms with van der Waals surface area (Å²) in [6.45, 7) is 2.39. The van der Waals surface area contributed by atoms with E-state index in [1.807, 2.05) is 6.92 Å². The van der Waals surface area contributed by atoms with Crippen LogP contribution in [0.15, 0.2) is 0 Å². The highest BCUT2D eigenvalue weighted by molar-refractivity contribution is 7.80. The Morgan fingerprint density at radius 2 is 2.00 bits per heavy atom. The lowest BCUT2D eigenvalue weighted by Gasteiger charge is -2.10. The van der Waals surface area contributed by atoms with Crippen molar-refractivity contribution in [2.45, 2.75) is 6.92 Å². The number of ether oxygens (including phenoxy) is 1. The van der Waals surface area contributed by atoms with Crippen molar-refractivity contribution in [2.24, 2.45) is 0 Å². The van der Waals surface area contributed by atoms with Gasteiger partial charge in [-0.15, -0.1) is 0 Å². The molecular formula is C5H11N3OS2. The standard InChI is InChI=1S/C5H11N3OS2/c1-3-9-5(11)8-7-4(10)6-2/h3H2,1-2H3,(H,8,11)(H2,6,7,10). The van der Waals surface area contributed by atoms with E-state index < -0.39 is 0 Å². The molecule has 0 aliphatic rings. The van der Waals surface area contributed by atoms with Gasteiger partial charge < -0.3 is 10.1 Å². The van der Waals surface area contributed by atoms with Crippen molar-refractivity contribution >= 4 is 34.7 Å². The van der Waals surface area contributed by atoms with Gasteiger partial charge in [-0.1, -0.05) is 0 Å². The second kappa shape index (κ2) is 6.11. The minimum Gasteiger partial charge on any atom is -0.470 e. The van der Waals surface area contributed by atoms with E-state index in [0.717, 1.165) is 0 Å². The molecule has 64 valence electrons. The van der Waals surface area contributed by atoms with Crippen molar-refractivity contribution in [3.05, 3.63) is 0 Å². The van der Waals surface area contributed by atoms with Crippen LogP contribution in [0.4, 0.5) is 0 Å². The van der Waals surface area contributed by atoms with Gasteiger partial charge in [0.2, 0.25) is 0 Å². The smallest absolute Gasteiger partial charge is 0.275 e. The van der Waals surface area contributed by atoms with Crippen molar-refractivity contribution in [3.8, 4) is 0 Å². The highest BCUT2D eigenvalue weighted by Crippen LogP contribution is 1.73. The van der Waals surface area contributed by atoms with Crippen LogP contribution in [0.2, 0.25) is 0 Å². The average molecular weight is 193 g/mol. The monoisotopic (exact) mass is 193 g/mol. The predicted molar refractivity (Wildman–Crippen MR) is 52.2 cm³/mol. The van der Waals surface area contributed by atoms with E-state index in [9.17, 15) is 0 Å². The van der Waals surface area contributed by atoms with E-state index in [4.69, 9.17) is 29.2 Å². The molecule has 11 heavy (non-hydrogen) atoms. The number of hydrazine groups is 1. The normalized spacial score (nSPS) is 8.18. The summed E-state index contributed by atoms with van der Waals surface area (Å²) in [5.41, 5.74) is 5.21. The summed E-state index contributed by atoms with van der Waals surface area (Å²) in [4.78, 5) is 0. The van der Waals surface area contributed by atoms with Crippen LogP contribution in [0.5, 0.6) is 0 Å². The van der Waals surface area contributed by atoms with Gasteiger partial charge in [-0.2, -0.15) is 0 Å². The Morgan fingerprint density at radius 1 is 1.36 bits per heavy atom. The third kappa shape index (κ3) is 5.81. The van der Waals surface area contributed by atoms with Gasteiger partial charge in [-0.25, -0.2) is 0 Å². The number of rotatable bonds is 1. The van der Waals surface area contributed by atoms with Crippen molar-refractivity contribution in [3.63, 3.8) is 0 Å². The number of hydrogen-bond acceptors (Lipinski definition) is 3. The molecule has 0 aromatic heterocycles. The molecule has 0 atom stereocenters. The quantitative estimate of drug-likeness (QED) is 0.399. The molecule has 0 spiro atoms. The van der Waals surface area contributed by atoms with Gasteiger partial charge in [0.25, 0.3) is 5.17 Å². The van der Waals surface area contributed by atoms with Crippen molar-refractivity contribution in [1.82, 2.24) is 16.2 Å². The molecule has 0 saturated heterocycles. The van der Waals surface area contributed by atoms with Gasteiger partial charge in [0.05, 0.1) is 6.61 Å². The maximum atomic E-state index is 4.91. The fourth-order valence-electron chi connectivity index (χ4n) is 0.337. The predicted octanol–water partition coefficient (Wildman–Crippen LogP) is -0.0937. The summed E-state index contributed by atoms with van der Waals surface area (Å²) in [5.74, 6) is 0. The van der Waals surface area contributed by atoms with Gasteiger partial charge >= 0.3 is 0 Å². The maximum Gasteiger partial charge on any atom is 0.275 e. The van der Waals surface area contributed by atoms with Crippen LogP contribution >= 0.6 is 24.4 Å². The molecule has 0 bridgehead atoms. The molecule has 0 aromatic carbocycles. The molecule has 0 aliphatic heterocycles. The summed E-state index contributed by atoms with van der Waals surface area (Å²) in [6, 6.07) is 0. The van der Waals surface area contributed by atoms with E-state index in [-0.39, 0.29) is 5.17 Å². The summed E-state index contributed by atoms with van der Waals surface area (Å²) in [5, 5.41) is 3.45. The van der Waals surface area contributed by atoms with Gasteiger partial charge in [0.15, 0.2) is 5.11 Å². The second-order valence-corrected chi connectivity index (χ2v) is 2.33. The summed E-state index contributed by atoms with van der Waals surface area (Å²) in [6.07, 6.45) is 0. The largest absolute Gasteiger partial charge is 0.470 e. The summed E-state index contributed by atoms with van der Waals surface area (Å²) >= 11 is 9.49. The fourth-order valence-corrected chi connectivity index (χ4v) is 0.557. The summed E-state index contributed by atoms with van der Waals surface area (Å²) < 4.78 is 4.91. The SMILES string of the molecule is CCOC(=S)NNC(=S)NC. The molecule has 0 aromatic rings. The molecule has 0 radical (unpaired) electrons. The molecule has 0 heterocycles. The Morgan fingerprint density at radius 3 is 2.45 bits per heavy atom. The van der Waals surface area contributed by atoms with E-state index in [0.29, 0.717) is 11.7 Å².